The highest BCUT2D eigenvalue weighted by atomic mass is 32.2. The van der Waals surface area contributed by atoms with Crippen molar-refractivity contribution in [2.75, 3.05) is 15.9 Å². The van der Waals surface area contributed by atoms with Gasteiger partial charge in [-0.2, -0.15) is 0 Å². The zero-order valence-electron chi connectivity index (χ0n) is 15.3. The van der Waals surface area contributed by atoms with Crippen molar-refractivity contribution < 1.29 is 13.2 Å². The van der Waals surface area contributed by atoms with Crippen LogP contribution < -0.4 is 9.62 Å². The van der Waals surface area contributed by atoms with Crippen LogP contribution >= 0.6 is 11.3 Å². The smallest absolute Gasteiger partial charge is 0.257 e. The molecule has 0 aliphatic carbocycles. The lowest BCUT2D eigenvalue weighted by molar-refractivity contribution is 0.102. The van der Waals surface area contributed by atoms with Gasteiger partial charge in [0.15, 0.2) is 5.13 Å². The number of fused-ring (bicyclic) bond motifs is 1. The van der Waals surface area contributed by atoms with E-state index in [9.17, 15) is 13.2 Å². The summed E-state index contributed by atoms with van der Waals surface area (Å²) < 4.78 is 25.4. The number of carbonyl (C=O) groups is 1. The van der Waals surface area contributed by atoms with Crippen LogP contribution in [0.25, 0.3) is 11.4 Å². The summed E-state index contributed by atoms with van der Waals surface area (Å²) in [5.74, 6) is -0.282. The molecule has 1 unspecified atom stereocenters. The maximum absolute atomic E-state index is 12.6. The molecule has 1 aliphatic rings. The lowest BCUT2D eigenvalue weighted by Crippen LogP contribution is -2.34. The number of pyridine rings is 1. The van der Waals surface area contributed by atoms with Gasteiger partial charge in [0.2, 0.25) is 10.0 Å². The number of sulfonamides is 1. The largest absolute Gasteiger partial charge is 0.298 e. The summed E-state index contributed by atoms with van der Waals surface area (Å²) in [6.07, 6.45) is 3.46. The minimum atomic E-state index is -3.35. The van der Waals surface area contributed by atoms with Gasteiger partial charge in [-0.25, -0.2) is 13.4 Å². The zero-order valence-corrected chi connectivity index (χ0v) is 16.9. The Hall–Kier alpha value is -2.78. The maximum Gasteiger partial charge on any atom is 0.257 e. The Kier molecular flexibility index (Phi) is 4.64. The molecule has 2 aromatic heterocycles. The Labute approximate surface area is 167 Å². The molecule has 0 fully saturated rings. The van der Waals surface area contributed by atoms with E-state index < -0.39 is 10.0 Å². The quantitative estimate of drug-likeness (QED) is 0.708. The van der Waals surface area contributed by atoms with Gasteiger partial charge in [0.1, 0.15) is 5.69 Å². The van der Waals surface area contributed by atoms with Crippen molar-refractivity contribution in [3.8, 4) is 11.4 Å². The number of rotatable bonds is 4. The highest BCUT2D eigenvalue weighted by Crippen LogP contribution is 2.35. The van der Waals surface area contributed by atoms with E-state index in [1.807, 2.05) is 30.5 Å². The fourth-order valence-electron chi connectivity index (χ4n) is 3.38. The summed E-state index contributed by atoms with van der Waals surface area (Å²) in [5.41, 5.74) is 3.40. The molecule has 1 N–H and O–H groups in total. The van der Waals surface area contributed by atoms with Crippen LogP contribution in [0.2, 0.25) is 0 Å². The molecule has 1 aromatic carbocycles. The van der Waals surface area contributed by atoms with Gasteiger partial charge in [0.05, 0.1) is 17.6 Å². The van der Waals surface area contributed by atoms with Crippen LogP contribution in [0.3, 0.4) is 0 Å². The molecule has 0 radical (unpaired) electrons. The lowest BCUT2D eigenvalue weighted by Gasteiger charge is -2.21. The normalized spacial score (nSPS) is 16.1. The topological polar surface area (TPSA) is 92.3 Å². The third-order valence-electron chi connectivity index (χ3n) is 4.50. The molecule has 28 heavy (non-hydrogen) atoms. The first-order valence-corrected chi connectivity index (χ1v) is 11.4. The molecular weight excluding hydrogens is 396 g/mol. The number of thiazole rings is 1. The summed E-state index contributed by atoms with van der Waals surface area (Å²) in [6.45, 7) is 1.86. The second-order valence-electron chi connectivity index (χ2n) is 6.66. The summed E-state index contributed by atoms with van der Waals surface area (Å²) in [6, 6.07) is 10.5. The summed E-state index contributed by atoms with van der Waals surface area (Å²) in [4.78, 5) is 21.3. The maximum atomic E-state index is 12.6. The van der Waals surface area contributed by atoms with Gasteiger partial charge >= 0.3 is 0 Å². The van der Waals surface area contributed by atoms with Crippen LogP contribution in [-0.2, 0) is 16.4 Å². The van der Waals surface area contributed by atoms with Crippen molar-refractivity contribution in [1.82, 2.24) is 9.97 Å². The fourth-order valence-corrected chi connectivity index (χ4v) is 5.34. The van der Waals surface area contributed by atoms with E-state index in [4.69, 9.17) is 0 Å². The summed E-state index contributed by atoms with van der Waals surface area (Å²) in [5, 5.41) is 5.12. The molecule has 0 bridgehead atoms. The zero-order chi connectivity index (χ0) is 19.9. The second-order valence-corrected chi connectivity index (χ2v) is 9.38. The number of nitrogens with zero attached hydrogens (tertiary/aromatic N) is 3. The molecule has 1 atom stereocenters. The SMILES string of the molecule is CC1Cc2cc(C(=O)Nc3nc(-c4ccccn4)cs3)ccc2N1S(C)(=O)=O. The first-order chi connectivity index (χ1) is 13.3. The number of anilines is 2. The highest BCUT2D eigenvalue weighted by Gasteiger charge is 2.32. The van der Waals surface area contributed by atoms with Gasteiger partial charge in [-0.3, -0.25) is 19.4 Å². The van der Waals surface area contributed by atoms with E-state index >= 15 is 0 Å². The minimum Gasteiger partial charge on any atom is -0.298 e. The van der Waals surface area contributed by atoms with Crippen LogP contribution in [0.1, 0.15) is 22.8 Å². The average Bonchev–Trinajstić information content (AvgIpc) is 3.24. The van der Waals surface area contributed by atoms with Crippen LogP contribution in [0.15, 0.2) is 48.0 Å². The Bertz CT molecular complexity index is 1140. The molecule has 1 aliphatic heterocycles. The molecule has 4 rings (SSSR count). The van der Waals surface area contributed by atoms with Gasteiger partial charge in [0.25, 0.3) is 5.91 Å². The van der Waals surface area contributed by atoms with Crippen molar-refractivity contribution in [1.29, 1.82) is 0 Å². The Balaban J connectivity index is 1.54. The van der Waals surface area contributed by atoms with Crippen molar-refractivity contribution in [3.05, 3.63) is 59.1 Å². The number of carbonyl (C=O) groups excluding carboxylic acids is 1. The third-order valence-corrected chi connectivity index (χ3v) is 6.53. The Morgan fingerprint density at radius 1 is 1.25 bits per heavy atom. The molecule has 0 spiro atoms. The molecule has 3 heterocycles. The Morgan fingerprint density at radius 3 is 2.79 bits per heavy atom. The average molecular weight is 415 g/mol. The third kappa shape index (κ3) is 3.50. The Morgan fingerprint density at radius 2 is 2.07 bits per heavy atom. The van der Waals surface area contributed by atoms with Gasteiger partial charge in [-0.05, 0) is 49.2 Å². The molecular formula is C19H18N4O3S2. The van der Waals surface area contributed by atoms with Gasteiger partial charge < -0.3 is 0 Å². The highest BCUT2D eigenvalue weighted by molar-refractivity contribution is 7.92. The van der Waals surface area contributed by atoms with E-state index in [2.05, 4.69) is 15.3 Å². The second kappa shape index (κ2) is 6.99. The first kappa shape index (κ1) is 18.6. The fraction of sp³-hybridized carbons (Fsp3) is 0.211. The van der Waals surface area contributed by atoms with Gasteiger partial charge in [0, 0.05) is 23.2 Å². The molecule has 0 saturated carbocycles. The molecule has 1 amide bonds. The van der Waals surface area contributed by atoms with Crippen molar-refractivity contribution >= 4 is 38.1 Å². The van der Waals surface area contributed by atoms with E-state index in [1.54, 1.807) is 24.4 Å². The predicted molar refractivity (Wildman–Crippen MR) is 110 cm³/mol. The van der Waals surface area contributed by atoms with E-state index in [0.29, 0.717) is 28.5 Å². The monoisotopic (exact) mass is 414 g/mol. The number of nitrogens with one attached hydrogen (secondary N) is 1. The van der Waals surface area contributed by atoms with E-state index in [0.717, 1.165) is 11.3 Å². The predicted octanol–water partition coefficient (Wildman–Crippen LogP) is 3.17. The van der Waals surface area contributed by atoms with Crippen LogP contribution in [0, 0.1) is 0 Å². The molecule has 0 saturated heterocycles. The minimum absolute atomic E-state index is 0.164. The van der Waals surface area contributed by atoms with Crippen LogP contribution in [0.4, 0.5) is 10.8 Å². The number of hydrogen-bond donors (Lipinski definition) is 1. The standard InChI is InChI=1S/C19H18N4O3S2/c1-12-9-14-10-13(6-7-17(14)23(12)28(2,25)26)18(24)22-19-21-16(11-27-19)15-5-3-4-8-20-15/h3-8,10-12H,9H2,1-2H3,(H,21,22,24). The summed E-state index contributed by atoms with van der Waals surface area (Å²) in [7, 11) is -3.35. The van der Waals surface area contributed by atoms with Crippen LogP contribution in [0.5, 0.6) is 0 Å². The van der Waals surface area contributed by atoms with Crippen molar-refractivity contribution in [2.45, 2.75) is 19.4 Å². The molecule has 3 aromatic rings. The van der Waals surface area contributed by atoms with E-state index in [-0.39, 0.29) is 11.9 Å². The van der Waals surface area contributed by atoms with Gasteiger partial charge in [-0.1, -0.05) is 6.07 Å². The molecule has 9 heteroatoms. The van der Waals surface area contributed by atoms with Crippen LogP contribution in [-0.4, -0.2) is 36.6 Å². The molecule has 144 valence electrons. The number of amides is 1. The number of hydrogen-bond acceptors (Lipinski definition) is 6. The number of benzene rings is 1. The van der Waals surface area contributed by atoms with Crippen molar-refractivity contribution in [3.63, 3.8) is 0 Å². The van der Waals surface area contributed by atoms with Crippen molar-refractivity contribution in [2.24, 2.45) is 0 Å². The number of aromatic nitrogens is 2. The summed E-state index contributed by atoms with van der Waals surface area (Å²) >= 11 is 1.33. The first-order valence-electron chi connectivity index (χ1n) is 8.63. The lowest BCUT2D eigenvalue weighted by atomic mass is 10.1. The van der Waals surface area contributed by atoms with Gasteiger partial charge in [-0.15, -0.1) is 11.3 Å². The molecule has 7 nitrogen and oxygen atoms in total. The van der Waals surface area contributed by atoms with E-state index in [1.165, 1.54) is 21.9 Å².